The van der Waals surface area contributed by atoms with Crippen LogP contribution in [0.1, 0.15) is 28.8 Å². The van der Waals surface area contributed by atoms with Crippen LogP contribution in [0.3, 0.4) is 0 Å². The molecule has 0 aliphatic carbocycles. The highest BCUT2D eigenvalue weighted by Crippen LogP contribution is 2.19. The van der Waals surface area contributed by atoms with Gasteiger partial charge in [-0.25, -0.2) is 0 Å². The van der Waals surface area contributed by atoms with Gasteiger partial charge in [-0.05, 0) is 43.4 Å². The Morgan fingerprint density at radius 1 is 1.53 bits per heavy atom. The average Bonchev–Trinajstić information content (AvgIpc) is 2.42. The van der Waals surface area contributed by atoms with Crippen molar-refractivity contribution in [2.24, 2.45) is 5.92 Å². The lowest BCUT2D eigenvalue weighted by Gasteiger charge is -2.27. The summed E-state index contributed by atoms with van der Waals surface area (Å²) in [4.78, 5) is 14.2. The third kappa shape index (κ3) is 3.26. The van der Waals surface area contributed by atoms with Gasteiger partial charge in [-0.15, -0.1) is 0 Å². The molecule has 0 radical (unpaired) electrons. The van der Waals surface area contributed by atoms with Gasteiger partial charge in [-0.2, -0.15) is 0 Å². The zero-order chi connectivity index (χ0) is 13.8. The maximum Gasteiger partial charge on any atom is 0.253 e. The molecule has 19 heavy (non-hydrogen) atoms. The molecule has 0 aromatic heterocycles. The molecular weight excluding hydrogens is 240 g/mol. The molecule has 1 aromatic carbocycles. The molecule has 1 aliphatic heterocycles. The molecule has 1 aromatic rings. The average molecular weight is 262 g/mol. The van der Waals surface area contributed by atoms with Crippen LogP contribution in [0, 0.1) is 12.8 Å². The van der Waals surface area contributed by atoms with Crippen LogP contribution in [0.5, 0.6) is 0 Å². The van der Waals surface area contributed by atoms with Crippen molar-refractivity contribution in [3.8, 4) is 0 Å². The minimum Gasteiger partial charge on any atom is -0.398 e. The molecule has 2 rings (SSSR count). The number of carbonyl (C=O) groups is 1. The van der Waals surface area contributed by atoms with E-state index in [-0.39, 0.29) is 5.91 Å². The van der Waals surface area contributed by atoms with Crippen molar-refractivity contribution < 1.29 is 9.53 Å². The predicted octanol–water partition coefficient (Wildman–Crippen LogP) is 2.08. The summed E-state index contributed by atoms with van der Waals surface area (Å²) in [5.74, 6) is 0.486. The van der Waals surface area contributed by atoms with Gasteiger partial charge in [0, 0.05) is 31.5 Å². The predicted molar refractivity (Wildman–Crippen MR) is 76.1 cm³/mol. The lowest BCUT2D eigenvalue weighted by atomic mass is 10.0. The van der Waals surface area contributed by atoms with Crippen molar-refractivity contribution in [2.45, 2.75) is 19.8 Å². The standard InChI is InChI=1S/C15H22N2O2/c1-11-13(6-3-7-14(11)16)15(18)17(2)9-12-5-4-8-19-10-12/h3,6-7,12H,4-5,8-10,16H2,1-2H3. The van der Waals surface area contributed by atoms with E-state index in [0.29, 0.717) is 17.2 Å². The summed E-state index contributed by atoms with van der Waals surface area (Å²) in [7, 11) is 1.85. The number of amides is 1. The van der Waals surface area contributed by atoms with E-state index >= 15 is 0 Å². The largest absolute Gasteiger partial charge is 0.398 e. The summed E-state index contributed by atoms with van der Waals surface area (Å²) in [5.41, 5.74) is 8.07. The van der Waals surface area contributed by atoms with Gasteiger partial charge in [0.05, 0.1) is 6.61 Å². The highest BCUT2D eigenvalue weighted by molar-refractivity contribution is 5.96. The number of carbonyl (C=O) groups excluding carboxylic acids is 1. The SMILES string of the molecule is Cc1c(N)cccc1C(=O)N(C)CC1CCCOC1. The van der Waals surface area contributed by atoms with Gasteiger partial charge in [0.15, 0.2) is 0 Å². The number of rotatable bonds is 3. The summed E-state index contributed by atoms with van der Waals surface area (Å²) >= 11 is 0. The molecule has 0 saturated carbocycles. The maximum atomic E-state index is 12.4. The first-order valence-electron chi connectivity index (χ1n) is 6.78. The van der Waals surface area contributed by atoms with Gasteiger partial charge < -0.3 is 15.4 Å². The van der Waals surface area contributed by atoms with Gasteiger partial charge in [0.25, 0.3) is 5.91 Å². The van der Waals surface area contributed by atoms with Gasteiger partial charge in [0.1, 0.15) is 0 Å². The van der Waals surface area contributed by atoms with Crippen molar-refractivity contribution in [2.75, 3.05) is 32.5 Å². The van der Waals surface area contributed by atoms with Crippen molar-refractivity contribution >= 4 is 11.6 Å². The minimum atomic E-state index is 0.0374. The molecule has 104 valence electrons. The second-order valence-electron chi connectivity index (χ2n) is 5.29. The third-order valence-corrected chi connectivity index (χ3v) is 3.74. The minimum absolute atomic E-state index is 0.0374. The zero-order valence-electron chi connectivity index (χ0n) is 11.7. The van der Waals surface area contributed by atoms with Gasteiger partial charge in [-0.3, -0.25) is 4.79 Å². The Morgan fingerprint density at radius 3 is 3.00 bits per heavy atom. The number of hydrogen-bond donors (Lipinski definition) is 1. The highest BCUT2D eigenvalue weighted by atomic mass is 16.5. The molecule has 0 bridgehead atoms. The molecule has 1 saturated heterocycles. The lowest BCUT2D eigenvalue weighted by Crippen LogP contribution is -2.35. The van der Waals surface area contributed by atoms with Gasteiger partial charge >= 0.3 is 0 Å². The number of ether oxygens (including phenoxy) is 1. The first kappa shape index (κ1) is 13.9. The van der Waals surface area contributed by atoms with Crippen LogP contribution in [-0.2, 0) is 4.74 Å². The number of hydrogen-bond acceptors (Lipinski definition) is 3. The Bertz CT molecular complexity index is 453. The fraction of sp³-hybridized carbons (Fsp3) is 0.533. The first-order valence-corrected chi connectivity index (χ1v) is 6.78. The van der Waals surface area contributed by atoms with E-state index in [9.17, 15) is 4.79 Å². The van der Waals surface area contributed by atoms with Crippen LogP contribution >= 0.6 is 0 Å². The Hall–Kier alpha value is -1.55. The molecule has 1 atom stereocenters. The lowest BCUT2D eigenvalue weighted by molar-refractivity contribution is 0.0388. The van der Waals surface area contributed by atoms with Crippen LogP contribution in [0.2, 0.25) is 0 Å². The monoisotopic (exact) mass is 262 g/mol. The number of nitrogens with zero attached hydrogens (tertiary/aromatic N) is 1. The quantitative estimate of drug-likeness (QED) is 0.848. The van der Waals surface area contributed by atoms with Crippen LogP contribution in [0.4, 0.5) is 5.69 Å². The summed E-state index contributed by atoms with van der Waals surface area (Å²) in [6, 6.07) is 5.48. The smallest absolute Gasteiger partial charge is 0.253 e. The topological polar surface area (TPSA) is 55.6 Å². The first-order chi connectivity index (χ1) is 9.09. The van der Waals surface area contributed by atoms with Crippen molar-refractivity contribution in [3.63, 3.8) is 0 Å². The van der Waals surface area contributed by atoms with Crippen molar-refractivity contribution in [3.05, 3.63) is 29.3 Å². The Labute approximate surface area is 114 Å². The van der Waals surface area contributed by atoms with Crippen LogP contribution < -0.4 is 5.73 Å². The number of benzene rings is 1. The Kier molecular flexibility index (Phi) is 4.43. The van der Waals surface area contributed by atoms with Crippen LogP contribution in [0.15, 0.2) is 18.2 Å². The van der Waals surface area contributed by atoms with E-state index in [2.05, 4.69) is 0 Å². The highest BCUT2D eigenvalue weighted by Gasteiger charge is 2.20. The molecule has 1 unspecified atom stereocenters. The second kappa shape index (κ2) is 6.06. The van der Waals surface area contributed by atoms with Gasteiger partial charge in [0.2, 0.25) is 0 Å². The maximum absolute atomic E-state index is 12.4. The number of anilines is 1. The number of nitrogen functional groups attached to an aromatic ring is 1. The van der Waals surface area contributed by atoms with Crippen LogP contribution in [-0.4, -0.2) is 37.6 Å². The van der Waals surface area contributed by atoms with Crippen molar-refractivity contribution in [1.82, 2.24) is 4.90 Å². The molecule has 1 aliphatic rings. The Morgan fingerprint density at radius 2 is 2.32 bits per heavy atom. The van der Waals surface area contributed by atoms with Crippen molar-refractivity contribution in [1.29, 1.82) is 0 Å². The summed E-state index contributed by atoms with van der Waals surface area (Å²) in [5, 5.41) is 0. The Balaban J connectivity index is 2.03. The third-order valence-electron chi connectivity index (χ3n) is 3.74. The van der Waals surface area contributed by atoms with Gasteiger partial charge in [-0.1, -0.05) is 6.07 Å². The van der Waals surface area contributed by atoms with E-state index in [0.717, 1.165) is 38.2 Å². The summed E-state index contributed by atoms with van der Waals surface area (Å²) in [6.45, 7) is 4.24. The molecule has 0 spiro atoms. The van der Waals surface area contributed by atoms with Crippen LogP contribution in [0.25, 0.3) is 0 Å². The van der Waals surface area contributed by atoms with E-state index in [1.54, 1.807) is 4.90 Å². The number of nitrogens with two attached hydrogens (primary N) is 1. The molecule has 4 heteroatoms. The molecule has 1 heterocycles. The molecule has 2 N–H and O–H groups in total. The molecule has 1 fully saturated rings. The van der Waals surface area contributed by atoms with E-state index < -0.39 is 0 Å². The zero-order valence-corrected chi connectivity index (χ0v) is 11.7. The molecule has 1 amide bonds. The molecular formula is C15H22N2O2. The van der Waals surface area contributed by atoms with E-state index in [1.807, 2.05) is 32.2 Å². The molecule has 4 nitrogen and oxygen atoms in total. The summed E-state index contributed by atoms with van der Waals surface area (Å²) in [6.07, 6.45) is 2.22. The fourth-order valence-electron chi connectivity index (χ4n) is 2.51. The normalized spacial score (nSPS) is 19.2. The van der Waals surface area contributed by atoms with E-state index in [1.165, 1.54) is 0 Å². The summed E-state index contributed by atoms with van der Waals surface area (Å²) < 4.78 is 5.45. The van der Waals surface area contributed by atoms with E-state index in [4.69, 9.17) is 10.5 Å². The second-order valence-corrected chi connectivity index (χ2v) is 5.29. The fourth-order valence-corrected chi connectivity index (χ4v) is 2.51.